The van der Waals surface area contributed by atoms with Crippen molar-refractivity contribution >= 4 is 0 Å². The molecular formula is H3NdO3Pr+3. The predicted molar refractivity (Wildman–Crippen MR) is 5.81 cm³/mol. The molecule has 0 aliphatic rings. The van der Waals surface area contributed by atoms with Gasteiger partial charge in [-0.05, 0) is 0 Å². The Morgan fingerprint density at radius 3 is 0.600 bits per heavy atom. The van der Waals surface area contributed by atoms with Crippen molar-refractivity contribution in [2.75, 3.05) is 0 Å². The quantitative estimate of drug-likeness (QED) is 0.596. The minimum Gasteiger partial charge on any atom is -0.870 e. The standard InChI is InChI=1S/Nd.3H2O.Pr/h;3*1H2;/q+3;;;;+3/p-3. The van der Waals surface area contributed by atoms with Gasteiger partial charge in [-0.3, -0.25) is 0 Å². The first-order chi connectivity index (χ1) is 0. The average molecular weight is 336 g/mol. The molecule has 0 aromatic heterocycles. The van der Waals surface area contributed by atoms with Gasteiger partial charge in [0, 0.05) is 0 Å². The third-order valence-electron chi connectivity index (χ3n) is 0. The van der Waals surface area contributed by atoms with E-state index in [9.17, 15) is 0 Å². The third-order valence-corrected chi connectivity index (χ3v) is 0. The first kappa shape index (κ1) is 49.1. The molecule has 0 fully saturated rings. The average Bonchev–Trinajstić information content (AvgIpc) is 0. The van der Waals surface area contributed by atoms with Crippen LogP contribution in [0.3, 0.4) is 0 Å². The SMILES string of the molecule is [Nd+3].[OH-].[OH-].[OH-].[Pr+3]. The fourth-order valence-electron chi connectivity index (χ4n) is 0. The molecule has 0 rings (SSSR count). The topological polar surface area (TPSA) is 90.0 Å². The molecule has 0 aromatic rings. The molecule has 5 heteroatoms. The van der Waals surface area contributed by atoms with Crippen LogP contribution in [-0.4, -0.2) is 16.4 Å². The monoisotopic (exact) mass is 334 g/mol. The van der Waals surface area contributed by atoms with Gasteiger partial charge < -0.3 is 16.4 Å². The molecule has 0 saturated carbocycles. The zero-order valence-corrected chi connectivity index (χ0v) is 9.33. The second kappa shape index (κ2) is 30.7. The van der Waals surface area contributed by atoms with E-state index in [1.807, 2.05) is 0 Å². The van der Waals surface area contributed by atoms with E-state index in [4.69, 9.17) is 0 Å². The Bertz CT molecular complexity index is 6.85. The molecule has 3 N–H and O–H groups in total. The number of hydrogen-bond donors (Lipinski definition) is 0. The molecule has 0 aliphatic carbocycles. The Morgan fingerprint density at radius 2 is 0.600 bits per heavy atom. The molecule has 0 spiro atoms. The van der Waals surface area contributed by atoms with Gasteiger partial charge in [-0.2, -0.15) is 0 Å². The Morgan fingerprint density at radius 1 is 0.600 bits per heavy atom. The van der Waals surface area contributed by atoms with Gasteiger partial charge in [0.25, 0.3) is 0 Å². The summed E-state index contributed by atoms with van der Waals surface area (Å²) in [6, 6.07) is 0. The van der Waals surface area contributed by atoms with Crippen molar-refractivity contribution in [2.45, 2.75) is 0 Å². The van der Waals surface area contributed by atoms with Crippen molar-refractivity contribution in [3.63, 3.8) is 0 Å². The van der Waals surface area contributed by atoms with Crippen LogP contribution >= 0.6 is 0 Å². The molecule has 0 heterocycles. The fourth-order valence-corrected chi connectivity index (χ4v) is 0. The maximum atomic E-state index is 0. The first-order valence-electron chi connectivity index (χ1n) is 0. The molecule has 1 radical (unpaired) electrons. The van der Waals surface area contributed by atoms with Crippen LogP contribution in [0.25, 0.3) is 0 Å². The van der Waals surface area contributed by atoms with Gasteiger partial charge in [0.2, 0.25) is 0 Å². The minimum atomic E-state index is 0. The van der Waals surface area contributed by atoms with E-state index in [0.29, 0.717) is 0 Å². The normalized spacial score (nSPS) is 0. The van der Waals surface area contributed by atoms with Crippen molar-refractivity contribution in [2.24, 2.45) is 0 Å². The van der Waals surface area contributed by atoms with Crippen LogP contribution in [0, 0.1) is 82.1 Å². The largest absolute Gasteiger partial charge is 3.00 e. The summed E-state index contributed by atoms with van der Waals surface area (Å²) in [6.45, 7) is 0. The molecule has 25 valence electrons. The van der Waals surface area contributed by atoms with E-state index >= 15 is 0 Å². The van der Waals surface area contributed by atoms with Crippen molar-refractivity contribution < 1.29 is 98.6 Å². The van der Waals surface area contributed by atoms with E-state index in [1.54, 1.807) is 0 Å². The van der Waals surface area contributed by atoms with E-state index in [0.717, 1.165) is 0 Å². The summed E-state index contributed by atoms with van der Waals surface area (Å²) in [4.78, 5) is 0. The molecule has 5 heavy (non-hydrogen) atoms. The van der Waals surface area contributed by atoms with Crippen LogP contribution in [0.1, 0.15) is 0 Å². The van der Waals surface area contributed by atoms with Crippen LogP contribution in [-0.2, 0) is 0 Å². The Hall–Kier alpha value is 2.59. The summed E-state index contributed by atoms with van der Waals surface area (Å²) in [6.07, 6.45) is 0. The van der Waals surface area contributed by atoms with Gasteiger partial charge in [0.05, 0.1) is 0 Å². The zero-order valence-electron chi connectivity index (χ0n) is 2.42. The van der Waals surface area contributed by atoms with Gasteiger partial charge in [-0.25, -0.2) is 0 Å². The first-order valence-corrected chi connectivity index (χ1v) is 0. The Kier molecular flexibility index (Phi) is 301. The van der Waals surface area contributed by atoms with Gasteiger partial charge in [0.1, 0.15) is 0 Å². The van der Waals surface area contributed by atoms with Crippen molar-refractivity contribution in [1.82, 2.24) is 0 Å². The molecule has 0 aliphatic heterocycles. The maximum Gasteiger partial charge on any atom is 3.00 e. The second-order valence-corrected chi connectivity index (χ2v) is 0. The van der Waals surface area contributed by atoms with Crippen molar-refractivity contribution in [3.8, 4) is 0 Å². The molecule has 0 bridgehead atoms. The van der Waals surface area contributed by atoms with E-state index in [-0.39, 0.29) is 98.6 Å². The summed E-state index contributed by atoms with van der Waals surface area (Å²) in [7, 11) is 0. The van der Waals surface area contributed by atoms with Crippen LogP contribution in [0.2, 0.25) is 0 Å². The molecule has 0 unspecified atom stereocenters. The number of rotatable bonds is 0. The van der Waals surface area contributed by atoms with Crippen molar-refractivity contribution in [1.29, 1.82) is 0 Å². The van der Waals surface area contributed by atoms with E-state index in [1.165, 1.54) is 0 Å². The summed E-state index contributed by atoms with van der Waals surface area (Å²) < 4.78 is 0. The smallest absolute Gasteiger partial charge is 0.870 e. The molecule has 0 aromatic carbocycles. The molecule has 3 nitrogen and oxygen atoms in total. The van der Waals surface area contributed by atoms with Gasteiger partial charge in [-0.1, -0.05) is 0 Å². The Labute approximate surface area is 96.3 Å². The Balaban J connectivity index is 0. The zero-order chi connectivity index (χ0) is 0. The van der Waals surface area contributed by atoms with Crippen LogP contribution < -0.4 is 0 Å². The molecule has 0 atom stereocenters. The van der Waals surface area contributed by atoms with Gasteiger partial charge in [0.15, 0.2) is 0 Å². The number of hydrogen-bond acceptors (Lipinski definition) is 3. The van der Waals surface area contributed by atoms with Gasteiger partial charge >= 0.3 is 82.1 Å². The summed E-state index contributed by atoms with van der Waals surface area (Å²) in [5, 5.41) is 0. The van der Waals surface area contributed by atoms with Gasteiger partial charge in [-0.15, -0.1) is 0 Å². The summed E-state index contributed by atoms with van der Waals surface area (Å²) in [5.41, 5.74) is 0. The minimum absolute atomic E-state index is 0. The fraction of sp³-hybridized carbons (Fsp3) is 0. The van der Waals surface area contributed by atoms with Crippen LogP contribution in [0.4, 0.5) is 0 Å². The summed E-state index contributed by atoms with van der Waals surface area (Å²) >= 11 is 0. The van der Waals surface area contributed by atoms with E-state index < -0.39 is 0 Å². The maximum absolute atomic E-state index is 0. The molecule has 0 saturated heterocycles. The van der Waals surface area contributed by atoms with Crippen LogP contribution in [0.15, 0.2) is 0 Å². The predicted octanol–water partition coefficient (Wildman–Crippen LogP) is -0.530. The molecular weight excluding hydrogens is 333 g/mol. The van der Waals surface area contributed by atoms with Crippen LogP contribution in [0.5, 0.6) is 0 Å². The third kappa shape index (κ3) is 20.7. The van der Waals surface area contributed by atoms with Crippen molar-refractivity contribution in [3.05, 3.63) is 0 Å². The van der Waals surface area contributed by atoms with E-state index in [2.05, 4.69) is 0 Å². The molecule has 0 amide bonds. The summed E-state index contributed by atoms with van der Waals surface area (Å²) in [5.74, 6) is 0. The second-order valence-electron chi connectivity index (χ2n) is 0.